The molecule has 58 heavy (non-hydrogen) atoms. The molecule has 0 aromatic rings. The van der Waals surface area contributed by atoms with Gasteiger partial charge in [0.05, 0.1) is 40.3 Å². The van der Waals surface area contributed by atoms with Crippen molar-refractivity contribution in [2.75, 3.05) is 41.0 Å². The third kappa shape index (κ3) is 39.3. The zero-order valence-corrected chi connectivity index (χ0v) is 38.7. The van der Waals surface area contributed by atoms with Gasteiger partial charge in [0.15, 0.2) is 6.10 Å². The van der Waals surface area contributed by atoms with Crippen LogP contribution in [0.1, 0.15) is 226 Å². The predicted octanol–water partition coefficient (Wildman–Crippen LogP) is 12.3. The number of carbonyl (C=O) groups is 3. The molecule has 2 unspecified atom stereocenters. The van der Waals surface area contributed by atoms with E-state index in [0.29, 0.717) is 12.8 Å². The van der Waals surface area contributed by atoms with Gasteiger partial charge in [-0.2, -0.15) is 0 Å². The van der Waals surface area contributed by atoms with Gasteiger partial charge in [-0.25, -0.2) is 0 Å². The van der Waals surface area contributed by atoms with Crippen LogP contribution in [0.5, 0.6) is 0 Å². The van der Waals surface area contributed by atoms with Crippen LogP contribution >= 0.6 is 0 Å². The van der Waals surface area contributed by atoms with Crippen molar-refractivity contribution in [1.82, 2.24) is 0 Å². The minimum Gasteiger partial charge on any atom is -0.544 e. The lowest BCUT2D eigenvalue weighted by Crippen LogP contribution is -2.55. The van der Waals surface area contributed by atoms with Crippen LogP contribution in [0.2, 0.25) is 0 Å². The Morgan fingerprint density at radius 3 is 1.29 bits per heavy atom. The van der Waals surface area contributed by atoms with Crippen molar-refractivity contribution in [3.63, 3.8) is 0 Å². The zero-order valence-electron chi connectivity index (χ0n) is 38.7. The van der Waals surface area contributed by atoms with E-state index in [1.807, 2.05) is 0 Å². The maximum absolute atomic E-state index is 12.7. The van der Waals surface area contributed by atoms with Gasteiger partial charge < -0.3 is 28.6 Å². The fourth-order valence-electron chi connectivity index (χ4n) is 7.22. The van der Waals surface area contributed by atoms with Crippen LogP contribution in [0.15, 0.2) is 24.3 Å². The van der Waals surface area contributed by atoms with Crippen LogP contribution in [0.4, 0.5) is 0 Å². The molecule has 0 amide bonds. The number of ether oxygens (including phenoxy) is 3. The van der Waals surface area contributed by atoms with E-state index in [-0.39, 0.29) is 42.7 Å². The van der Waals surface area contributed by atoms with E-state index in [0.717, 1.165) is 51.4 Å². The van der Waals surface area contributed by atoms with Gasteiger partial charge in [-0.05, 0) is 57.8 Å². The number of hydrogen-bond donors (Lipinski definition) is 0. The number of carboxylic acids is 1. The molecule has 2 atom stereocenters. The molecule has 0 fully saturated rings. The Kier molecular flexibility index (Phi) is 40.0. The lowest BCUT2D eigenvalue weighted by Gasteiger charge is -2.34. The third-order valence-corrected chi connectivity index (χ3v) is 11.1. The van der Waals surface area contributed by atoms with Crippen LogP contribution in [0.25, 0.3) is 0 Å². The lowest BCUT2D eigenvalue weighted by molar-refractivity contribution is -0.889. The molecular weight excluding hydrogens is 727 g/mol. The van der Waals surface area contributed by atoms with Crippen LogP contribution in [-0.2, 0) is 28.6 Å². The number of quaternary nitrogens is 1. The summed E-state index contributed by atoms with van der Waals surface area (Å²) < 4.78 is 17.2. The number of allylic oxidation sites excluding steroid dienone is 4. The summed E-state index contributed by atoms with van der Waals surface area (Å²) in [5.41, 5.74) is 0. The van der Waals surface area contributed by atoms with E-state index < -0.39 is 18.1 Å². The van der Waals surface area contributed by atoms with E-state index in [4.69, 9.17) is 14.2 Å². The molecule has 0 N–H and O–H groups in total. The van der Waals surface area contributed by atoms with Gasteiger partial charge in [0.1, 0.15) is 12.6 Å². The summed E-state index contributed by atoms with van der Waals surface area (Å²) >= 11 is 0. The minimum absolute atomic E-state index is 0.0386. The molecule has 0 saturated carbocycles. The molecule has 0 saturated heterocycles. The first-order chi connectivity index (χ1) is 28.1. The molecule has 0 aromatic heterocycles. The van der Waals surface area contributed by atoms with Gasteiger partial charge in [-0.3, -0.25) is 9.59 Å². The monoisotopic (exact) mass is 820 g/mol. The van der Waals surface area contributed by atoms with Crippen molar-refractivity contribution < 1.29 is 38.2 Å². The molecule has 0 aliphatic carbocycles. The zero-order chi connectivity index (χ0) is 42.8. The standard InChI is InChI=1S/C50H93NO7/c1-6-8-10-12-14-16-18-19-20-21-22-23-24-25-26-27-28-29-31-32-34-36-38-40-48(52)57-45-46(44-56-43-42-47(50(54)55)51(3,4)5)58-49(53)41-39-37-35-33-30-17-15-13-11-9-7-2/h13,15,25-26,46-47H,6-12,14,16-24,27-45H2,1-5H3/b15-13+,26-25+. The summed E-state index contributed by atoms with van der Waals surface area (Å²) in [6.07, 6.45) is 46.4. The predicted molar refractivity (Wildman–Crippen MR) is 240 cm³/mol. The first-order valence-corrected chi connectivity index (χ1v) is 24.4. The topological polar surface area (TPSA) is 102 Å². The molecule has 0 aromatic carbocycles. The van der Waals surface area contributed by atoms with Gasteiger partial charge in [0.25, 0.3) is 0 Å². The van der Waals surface area contributed by atoms with Gasteiger partial charge in [-0.15, -0.1) is 0 Å². The van der Waals surface area contributed by atoms with Crippen LogP contribution in [-0.4, -0.2) is 75.5 Å². The van der Waals surface area contributed by atoms with E-state index >= 15 is 0 Å². The van der Waals surface area contributed by atoms with Gasteiger partial charge in [-0.1, -0.05) is 173 Å². The fraction of sp³-hybridized carbons (Fsp3) is 0.860. The summed E-state index contributed by atoms with van der Waals surface area (Å²) in [4.78, 5) is 36.9. The fourth-order valence-corrected chi connectivity index (χ4v) is 7.22. The molecular formula is C50H93NO7. The molecule has 0 bridgehead atoms. The normalized spacial score (nSPS) is 13.1. The Morgan fingerprint density at radius 2 is 0.879 bits per heavy atom. The first kappa shape index (κ1) is 55.8. The molecule has 0 radical (unpaired) electrons. The second-order valence-corrected chi connectivity index (χ2v) is 17.7. The lowest BCUT2D eigenvalue weighted by atomic mass is 10.0. The van der Waals surface area contributed by atoms with Crippen LogP contribution < -0.4 is 5.11 Å². The highest BCUT2D eigenvalue weighted by atomic mass is 16.6. The number of aliphatic carboxylic acids is 1. The summed E-state index contributed by atoms with van der Waals surface area (Å²) in [6, 6.07) is -0.725. The molecule has 8 heteroatoms. The van der Waals surface area contributed by atoms with E-state index in [1.165, 1.54) is 141 Å². The molecule has 8 nitrogen and oxygen atoms in total. The maximum atomic E-state index is 12.7. The average molecular weight is 820 g/mol. The highest BCUT2D eigenvalue weighted by Gasteiger charge is 2.25. The second kappa shape index (κ2) is 41.5. The van der Waals surface area contributed by atoms with Crippen molar-refractivity contribution in [2.45, 2.75) is 238 Å². The van der Waals surface area contributed by atoms with E-state index in [9.17, 15) is 19.5 Å². The average Bonchev–Trinajstić information content (AvgIpc) is 3.18. The molecule has 0 rings (SSSR count). The van der Waals surface area contributed by atoms with Crippen molar-refractivity contribution in [3.8, 4) is 0 Å². The summed E-state index contributed by atoms with van der Waals surface area (Å²) in [5.74, 6) is -1.74. The SMILES string of the molecule is CCCC/C=C/CCCCCCCC(=O)OC(COCCC(C(=O)[O-])[N+](C)(C)C)COC(=O)CCCCCCCCC/C=C/CCCCCCCCCCCCCC. The van der Waals surface area contributed by atoms with Crippen molar-refractivity contribution in [3.05, 3.63) is 24.3 Å². The largest absolute Gasteiger partial charge is 0.544 e. The van der Waals surface area contributed by atoms with Crippen LogP contribution in [0.3, 0.4) is 0 Å². The summed E-state index contributed by atoms with van der Waals surface area (Å²) in [5, 5.41) is 11.6. The Morgan fingerprint density at radius 1 is 0.500 bits per heavy atom. The van der Waals surface area contributed by atoms with E-state index in [1.54, 1.807) is 21.1 Å². The molecule has 0 heterocycles. The molecule has 340 valence electrons. The Hall–Kier alpha value is -2.19. The van der Waals surface area contributed by atoms with E-state index in [2.05, 4.69) is 38.2 Å². The molecule has 0 aliphatic rings. The highest BCUT2D eigenvalue weighted by molar-refractivity contribution is 5.70. The van der Waals surface area contributed by atoms with Crippen molar-refractivity contribution in [1.29, 1.82) is 0 Å². The number of nitrogens with zero attached hydrogens (tertiary/aromatic N) is 1. The summed E-state index contributed by atoms with van der Waals surface area (Å²) in [7, 11) is 5.41. The molecule has 0 spiro atoms. The van der Waals surface area contributed by atoms with Gasteiger partial charge >= 0.3 is 11.9 Å². The minimum atomic E-state index is -1.13. The number of carbonyl (C=O) groups excluding carboxylic acids is 3. The van der Waals surface area contributed by atoms with Crippen molar-refractivity contribution >= 4 is 17.9 Å². The first-order valence-electron chi connectivity index (χ1n) is 24.4. The van der Waals surface area contributed by atoms with Gasteiger partial charge in [0.2, 0.25) is 0 Å². The quantitative estimate of drug-likeness (QED) is 0.0261. The number of likely N-dealkylation sites (N-methyl/N-ethyl adjacent to an activating group) is 1. The maximum Gasteiger partial charge on any atom is 0.306 e. The Balaban J connectivity index is 4.16. The molecule has 0 aliphatic heterocycles. The number of rotatable bonds is 44. The number of hydrogen-bond acceptors (Lipinski definition) is 7. The third-order valence-electron chi connectivity index (χ3n) is 11.1. The second-order valence-electron chi connectivity index (χ2n) is 17.7. The van der Waals surface area contributed by atoms with Gasteiger partial charge in [0, 0.05) is 19.3 Å². The highest BCUT2D eigenvalue weighted by Crippen LogP contribution is 2.15. The van der Waals surface area contributed by atoms with Crippen molar-refractivity contribution in [2.24, 2.45) is 0 Å². The summed E-state index contributed by atoms with van der Waals surface area (Å²) in [6.45, 7) is 4.63. The smallest absolute Gasteiger partial charge is 0.306 e. The Labute approximate surface area is 358 Å². The Bertz CT molecular complexity index is 1000. The number of carboxylic acid groups (broad SMARTS) is 1. The number of esters is 2. The number of unbranched alkanes of at least 4 members (excludes halogenated alkanes) is 26. The van der Waals surface area contributed by atoms with Crippen LogP contribution in [0, 0.1) is 0 Å².